The van der Waals surface area contributed by atoms with Crippen LogP contribution in [0.15, 0.2) is 42.5 Å². The number of likely N-dealkylation sites (tertiary alicyclic amines) is 1. The zero-order chi connectivity index (χ0) is 19.5. The van der Waals surface area contributed by atoms with Crippen LogP contribution in [0.1, 0.15) is 36.3 Å². The molecule has 1 saturated heterocycles. The smallest absolute Gasteiger partial charge is 0.119 e. The van der Waals surface area contributed by atoms with Crippen molar-refractivity contribution in [3.63, 3.8) is 0 Å². The van der Waals surface area contributed by atoms with Crippen molar-refractivity contribution in [3.05, 3.63) is 58.6 Å². The molecule has 0 aliphatic carbocycles. The van der Waals surface area contributed by atoms with Crippen LogP contribution < -0.4 is 9.64 Å². The Kier molecular flexibility index (Phi) is 6.13. The van der Waals surface area contributed by atoms with E-state index in [-0.39, 0.29) is 0 Å². The van der Waals surface area contributed by atoms with Gasteiger partial charge in [0.25, 0.3) is 0 Å². The van der Waals surface area contributed by atoms with Crippen LogP contribution in [0.3, 0.4) is 0 Å². The van der Waals surface area contributed by atoms with Crippen molar-refractivity contribution in [3.8, 4) is 5.75 Å². The summed E-state index contributed by atoms with van der Waals surface area (Å²) < 4.78 is 5.37. The number of hydrogen-bond donors (Lipinski definition) is 0. The van der Waals surface area contributed by atoms with Gasteiger partial charge in [-0.05, 0) is 80.1 Å². The molecule has 2 aromatic carbocycles. The average Bonchev–Trinajstić information content (AvgIpc) is 2.73. The highest BCUT2D eigenvalue weighted by atomic mass is 35.5. The molecule has 2 aliphatic heterocycles. The summed E-state index contributed by atoms with van der Waals surface area (Å²) in [6.45, 7) is 4.74. The summed E-state index contributed by atoms with van der Waals surface area (Å²) in [4.78, 5) is 5.08. The molecule has 1 fully saturated rings. The molecule has 150 valence electrons. The second kappa shape index (κ2) is 8.75. The van der Waals surface area contributed by atoms with E-state index >= 15 is 0 Å². The Bertz CT molecular complexity index is 801. The summed E-state index contributed by atoms with van der Waals surface area (Å²) in [5.41, 5.74) is 4.17. The third kappa shape index (κ3) is 4.31. The van der Waals surface area contributed by atoms with Gasteiger partial charge in [0.2, 0.25) is 0 Å². The van der Waals surface area contributed by atoms with Crippen molar-refractivity contribution in [2.75, 3.05) is 45.2 Å². The lowest BCUT2D eigenvalue weighted by Crippen LogP contribution is -2.39. The number of nitrogens with zero attached hydrogens (tertiary/aromatic N) is 2. The van der Waals surface area contributed by atoms with E-state index in [1.165, 1.54) is 55.7 Å². The van der Waals surface area contributed by atoms with Gasteiger partial charge in [0.05, 0.1) is 7.11 Å². The Hall–Kier alpha value is -1.71. The van der Waals surface area contributed by atoms with E-state index < -0.39 is 0 Å². The average molecular weight is 399 g/mol. The second-order valence-electron chi connectivity index (χ2n) is 8.37. The summed E-state index contributed by atoms with van der Waals surface area (Å²) in [6, 6.07) is 14.9. The van der Waals surface area contributed by atoms with Gasteiger partial charge < -0.3 is 14.5 Å². The minimum atomic E-state index is 0.664. The molecule has 28 heavy (non-hydrogen) atoms. The molecule has 0 spiro atoms. The number of methoxy groups -OCH3 is 1. The normalized spacial score (nSPS) is 20.8. The van der Waals surface area contributed by atoms with E-state index in [0.717, 1.165) is 23.7 Å². The summed E-state index contributed by atoms with van der Waals surface area (Å²) in [6.07, 6.45) is 4.82. The van der Waals surface area contributed by atoms with Gasteiger partial charge in [0.1, 0.15) is 5.75 Å². The SMILES string of the molecule is COc1ccc(Cl)c(CC2CCN(CC3CCN(C)c4ccccc43)CC2)c1. The number of para-hydroxylation sites is 1. The number of ether oxygens (including phenoxy) is 1. The van der Waals surface area contributed by atoms with E-state index in [4.69, 9.17) is 16.3 Å². The first kappa shape index (κ1) is 19.6. The first-order chi connectivity index (χ1) is 13.6. The highest BCUT2D eigenvalue weighted by molar-refractivity contribution is 6.31. The van der Waals surface area contributed by atoms with Crippen LogP contribution in [0, 0.1) is 5.92 Å². The Labute approximate surface area is 174 Å². The predicted octanol–water partition coefficient (Wildman–Crippen LogP) is 5.23. The summed E-state index contributed by atoms with van der Waals surface area (Å²) in [5, 5.41) is 0.867. The molecule has 0 amide bonds. The molecule has 1 atom stereocenters. The Morgan fingerprint density at radius 3 is 2.61 bits per heavy atom. The fourth-order valence-electron chi connectivity index (χ4n) is 4.83. The van der Waals surface area contributed by atoms with Gasteiger partial charge in [-0.25, -0.2) is 0 Å². The Balaban J connectivity index is 1.33. The molecule has 2 aromatic rings. The first-order valence-corrected chi connectivity index (χ1v) is 10.9. The maximum Gasteiger partial charge on any atom is 0.119 e. The van der Waals surface area contributed by atoms with Crippen LogP contribution in [0.25, 0.3) is 0 Å². The molecule has 0 N–H and O–H groups in total. The summed E-state index contributed by atoms with van der Waals surface area (Å²) in [5.74, 6) is 2.28. The number of piperidine rings is 1. The van der Waals surface area contributed by atoms with Crippen LogP contribution in [0.4, 0.5) is 5.69 Å². The zero-order valence-corrected chi connectivity index (χ0v) is 17.8. The van der Waals surface area contributed by atoms with Crippen molar-refractivity contribution < 1.29 is 4.74 Å². The van der Waals surface area contributed by atoms with Crippen LogP contribution in [0.5, 0.6) is 5.75 Å². The molecule has 4 rings (SSSR count). The summed E-state index contributed by atoms with van der Waals surface area (Å²) >= 11 is 6.42. The predicted molar refractivity (Wildman–Crippen MR) is 118 cm³/mol. The minimum absolute atomic E-state index is 0.664. The maximum atomic E-state index is 6.42. The third-order valence-corrected chi connectivity index (χ3v) is 6.92. The Morgan fingerprint density at radius 2 is 1.82 bits per heavy atom. The van der Waals surface area contributed by atoms with Crippen LogP contribution >= 0.6 is 11.6 Å². The first-order valence-electron chi connectivity index (χ1n) is 10.5. The number of hydrogen-bond acceptors (Lipinski definition) is 3. The van der Waals surface area contributed by atoms with Gasteiger partial charge in [-0.3, -0.25) is 0 Å². The molecule has 0 radical (unpaired) electrons. The lowest BCUT2D eigenvalue weighted by atomic mass is 9.87. The molecule has 3 nitrogen and oxygen atoms in total. The number of anilines is 1. The molecular formula is C24H31ClN2O. The van der Waals surface area contributed by atoms with Crippen LogP contribution in [-0.2, 0) is 6.42 Å². The van der Waals surface area contributed by atoms with Gasteiger partial charge in [-0.2, -0.15) is 0 Å². The van der Waals surface area contributed by atoms with E-state index in [1.807, 2.05) is 12.1 Å². The van der Waals surface area contributed by atoms with Gasteiger partial charge in [0, 0.05) is 36.8 Å². The third-order valence-electron chi connectivity index (χ3n) is 6.55. The highest BCUT2D eigenvalue weighted by Gasteiger charge is 2.27. The van der Waals surface area contributed by atoms with Crippen molar-refractivity contribution >= 4 is 17.3 Å². The largest absolute Gasteiger partial charge is 0.497 e. The topological polar surface area (TPSA) is 15.7 Å². The maximum absolute atomic E-state index is 6.42. The molecular weight excluding hydrogens is 368 g/mol. The number of halogens is 1. The number of benzene rings is 2. The van der Waals surface area contributed by atoms with Crippen LogP contribution in [0.2, 0.25) is 5.02 Å². The molecule has 2 heterocycles. The Morgan fingerprint density at radius 1 is 1.04 bits per heavy atom. The van der Waals surface area contributed by atoms with E-state index in [9.17, 15) is 0 Å². The van der Waals surface area contributed by atoms with Crippen molar-refractivity contribution in [2.24, 2.45) is 5.92 Å². The van der Waals surface area contributed by atoms with Gasteiger partial charge in [-0.15, -0.1) is 0 Å². The van der Waals surface area contributed by atoms with Crippen molar-refractivity contribution in [1.82, 2.24) is 4.90 Å². The molecule has 2 aliphatic rings. The fourth-order valence-corrected chi connectivity index (χ4v) is 5.02. The van der Waals surface area contributed by atoms with Gasteiger partial charge in [-0.1, -0.05) is 29.8 Å². The van der Waals surface area contributed by atoms with Crippen molar-refractivity contribution in [1.29, 1.82) is 0 Å². The lowest BCUT2D eigenvalue weighted by Gasteiger charge is -2.38. The second-order valence-corrected chi connectivity index (χ2v) is 8.78. The zero-order valence-electron chi connectivity index (χ0n) is 17.0. The number of fused-ring (bicyclic) bond motifs is 1. The van der Waals surface area contributed by atoms with Gasteiger partial charge in [0.15, 0.2) is 0 Å². The highest BCUT2D eigenvalue weighted by Crippen LogP contribution is 2.36. The lowest BCUT2D eigenvalue weighted by molar-refractivity contribution is 0.172. The molecule has 0 aromatic heterocycles. The van der Waals surface area contributed by atoms with E-state index in [2.05, 4.69) is 47.2 Å². The van der Waals surface area contributed by atoms with E-state index in [1.54, 1.807) is 7.11 Å². The molecule has 4 heteroatoms. The van der Waals surface area contributed by atoms with Crippen LogP contribution in [-0.4, -0.2) is 45.2 Å². The quantitative estimate of drug-likeness (QED) is 0.686. The van der Waals surface area contributed by atoms with Gasteiger partial charge >= 0.3 is 0 Å². The van der Waals surface area contributed by atoms with Crippen molar-refractivity contribution in [2.45, 2.75) is 31.6 Å². The molecule has 1 unspecified atom stereocenters. The molecule has 0 saturated carbocycles. The molecule has 0 bridgehead atoms. The minimum Gasteiger partial charge on any atom is -0.497 e. The monoisotopic (exact) mass is 398 g/mol. The van der Waals surface area contributed by atoms with E-state index in [0.29, 0.717) is 11.8 Å². The fraction of sp³-hybridized carbons (Fsp3) is 0.500. The number of rotatable bonds is 5. The summed E-state index contributed by atoms with van der Waals surface area (Å²) in [7, 11) is 3.93. The standard InChI is InChI=1S/C24H31ClN2O/c1-26-12-11-19(22-5-3-4-6-24(22)26)17-27-13-9-18(10-14-27)15-20-16-21(28-2)7-8-23(20)25/h3-8,16,18-19H,9-15,17H2,1-2H3.